The third kappa shape index (κ3) is 4.68. The van der Waals surface area contributed by atoms with Gasteiger partial charge in [0.15, 0.2) is 5.13 Å². The SMILES string of the molecule is CC(=O)Nc1nc(CC(=O)N[C@H](C)c2ccccc2)cs1. The lowest BCUT2D eigenvalue weighted by Gasteiger charge is -2.13. The van der Waals surface area contributed by atoms with Gasteiger partial charge in [-0.15, -0.1) is 11.3 Å². The number of anilines is 1. The molecular weight excluding hydrogens is 286 g/mol. The van der Waals surface area contributed by atoms with E-state index >= 15 is 0 Å². The molecule has 0 aliphatic heterocycles. The molecule has 0 fully saturated rings. The molecule has 0 aliphatic carbocycles. The Hall–Kier alpha value is -2.21. The Morgan fingerprint density at radius 1 is 1.29 bits per heavy atom. The van der Waals surface area contributed by atoms with Crippen LogP contribution < -0.4 is 10.6 Å². The van der Waals surface area contributed by atoms with Gasteiger partial charge in [0.2, 0.25) is 11.8 Å². The lowest BCUT2D eigenvalue weighted by molar-refractivity contribution is -0.121. The third-order valence-electron chi connectivity index (χ3n) is 2.85. The van der Waals surface area contributed by atoms with Crippen molar-refractivity contribution >= 4 is 28.3 Å². The van der Waals surface area contributed by atoms with Gasteiger partial charge in [0.1, 0.15) is 0 Å². The summed E-state index contributed by atoms with van der Waals surface area (Å²) in [7, 11) is 0. The molecular formula is C15H17N3O2S. The number of carbonyl (C=O) groups excluding carboxylic acids is 2. The van der Waals surface area contributed by atoms with Gasteiger partial charge in [0.25, 0.3) is 0 Å². The van der Waals surface area contributed by atoms with Gasteiger partial charge in [0.05, 0.1) is 18.2 Å². The van der Waals surface area contributed by atoms with E-state index in [9.17, 15) is 9.59 Å². The quantitative estimate of drug-likeness (QED) is 0.891. The van der Waals surface area contributed by atoms with Crippen molar-refractivity contribution in [1.29, 1.82) is 0 Å². The summed E-state index contributed by atoms with van der Waals surface area (Å²) in [5, 5.41) is 7.83. The van der Waals surface area contributed by atoms with Gasteiger partial charge in [-0.25, -0.2) is 4.98 Å². The van der Waals surface area contributed by atoms with Crippen LogP contribution in [-0.4, -0.2) is 16.8 Å². The number of nitrogens with zero attached hydrogens (tertiary/aromatic N) is 1. The first-order chi connectivity index (χ1) is 10.0. The molecule has 0 spiro atoms. The summed E-state index contributed by atoms with van der Waals surface area (Å²) in [5.41, 5.74) is 1.71. The standard InChI is InChI=1S/C15H17N3O2S/c1-10(12-6-4-3-5-7-12)16-14(20)8-13-9-21-15(18-13)17-11(2)19/h3-7,9-10H,8H2,1-2H3,(H,16,20)(H,17,18,19)/t10-/m1/s1. The van der Waals surface area contributed by atoms with E-state index < -0.39 is 0 Å². The molecule has 0 unspecified atom stereocenters. The summed E-state index contributed by atoms with van der Waals surface area (Å²) >= 11 is 1.31. The summed E-state index contributed by atoms with van der Waals surface area (Å²) in [6.45, 7) is 3.37. The number of benzene rings is 1. The fourth-order valence-corrected chi connectivity index (χ4v) is 2.63. The lowest BCUT2D eigenvalue weighted by atomic mass is 10.1. The molecule has 1 atom stereocenters. The Kier molecular flexibility index (Phi) is 5.05. The fraction of sp³-hybridized carbons (Fsp3) is 0.267. The van der Waals surface area contributed by atoms with Gasteiger partial charge in [-0.1, -0.05) is 30.3 Å². The van der Waals surface area contributed by atoms with E-state index in [-0.39, 0.29) is 24.3 Å². The number of carbonyl (C=O) groups is 2. The maximum atomic E-state index is 12.0. The van der Waals surface area contributed by atoms with E-state index in [4.69, 9.17) is 0 Å². The number of rotatable bonds is 5. The van der Waals surface area contributed by atoms with Crippen LogP contribution in [0.1, 0.15) is 31.1 Å². The van der Waals surface area contributed by atoms with E-state index in [0.29, 0.717) is 10.8 Å². The Morgan fingerprint density at radius 3 is 2.67 bits per heavy atom. The Bertz CT molecular complexity index is 625. The van der Waals surface area contributed by atoms with Crippen molar-refractivity contribution in [3.63, 3.8) is 0 Å². The summed E-state index contributed by atoms with van der Waals surface area (Å²) in [4.78, 5) is 27.1. The van der Waals surface area contributed by atoms with E-state index in [1.54, 1.807) is 5.38 Å². The summed E-state index contributed by atoms with van der Waals surface area (Å²) < 4.78 is 0. The average Bonchev–Trinajstić information content (AvgIpc) is 2.85. The summed E-state index contributed by atoms with van der Waals surface area (Å²) in [6, 6.07) is 9.73. The highest BCUT2D eigenvalue weighted by atomic mass is 32.1. The zero-order valence-corrected chi connectivity index (χ0v) is 12.7. The monoisotopic (exact) mass is 303 g/mol. The average molecular weight is 303 g/mol. The highest BCUT2D eigenvalue weighted by molar-refractivity contribution is 7.13. The molecule has 110 valence electrons. The van der Waals surface area contributed by atoms with Crippen molar-refractivity contribution in [1.82, 2.24) is 10.3 Å². The van der Waals surface area contributed by atoms with Gasteiger partial charge in [-0.3, -0.25) is 9.59 Å². The van der Waals surface area contributed by atoms with Crippen molar-refractivity contribution in [2.24, 2.45) is 0 Å². The van der Waals surface area contributed by atoms with Gasteiger partial charge in [-0.05, 0) is 12.5 Å². The molecule has 0 saturated heterocycles. The molecule has 0 bridgehead atoms. The highest BCUT2D eigenvalue weighted by Gasteiger charge is 2.12. The molecule has 2 amide bonds. The minimum atomic E-state index is -0.168. The van der Waals surface area contributed by atoms with Gasteiger partial charge in [0, 0.05) is 12.3 Å². The van der Waals surface area contributed by atoms with Crippen molar-refractivity contribution < 1.29 is 9.59 Å². The maximum absolute atomic E-state index is 12.0. The second-order valence-electron chi connectivity index (χ2n) is 4.70. The van der Waals surface area contributed by atoms with Gasteiger partial charge in [-0.2, -0.15) is 0 Å². The first-order valence-corrected chi connectivity index (χ1v) is 7.49. The van der Waals surface area contributed by atoms with Crippen LogP contribution in [0.3, 0.4) is 0 Å². The highest BCUT2D eigenvalue weighted by Crippen LogP contribution is 2.16. The zero-order valence-electron chi connectivity index (χ0n) is 11.9. The van der Waals surface area contributed by atoms with Crippen LogP contribution in [0.15, 0.2) is 35.7 Å². The molecule has 1 heterocycles. The molecule has 2 aromatic rings. The number of nitrogens with one attached hydrogen (secondary N) is 2. The number of amides is 2. The Morgan fingerprint density at radius 2 is 2.00 bits per heavy atom. The van der Waals surface area contributed by atoms with Crippen LogP contribution >= 0.6 is 11.3 Å². The Labute approximate surface area is 127 Å². The van der Waals surface area contributed by atoms with Crippen LogP contribution in [0.2, 0.25) is 0 Å². The van der Waals surface area contributed by atoms with Crippen molar-refractivity contribution in [3.05, 3.63) is 47.0 Å². The molecule has 21 heavy (non-hydrogen) atoms. The van der Waals surface area contributed by atoms with Gasteiger partial charge >= 0.3 is 0 Å². The van der Waals surface area contributed by atoms with Crippen LogP contribution in [0.5, 0.6) is 0 Å². The topological polar surface area (TPSA) is 71.1 Å². The lowest BCUT2D eigenvalue weighted by Crippen LogP contribution is -2.28. The predicted octanol–water partition coefficient (Wildman–Crippen LogP) is 2.52. The molecule has 2 rings (SSSR count). The first-order valence-electron chi connectivity index (χ1n) is 6.61. The maximum Gasteiger partial charge on any atom is 0.226 e. The number of hydrogen-bond acceptors (Lipinski definition) is 4. The molecule has 1 aromatic heterocycles. The molecule has 2 N–H and O–H groups in total. The van der Waals surface area contributed by atoms with Gasteiger partial charge < -0.3 is 10.6 Å². The summed E-state index contributed by atoms with van der Waals surface area (Å²) in [6.07, 6.45) is 0.202. The fourth-order valence-electron chi connectivity index (χ4n) is 1.88. The van der Waals surface area contributed by atoms with E-state index in [0.717, 1.165) is 5.56 Å². The number of thiazole rings is 1. The van der Waals surface area contributed by atoms with Crippen LogP contribution in [0.4, 0.5) is 5.13 Å². The van der Waals surface area contributed by atoms with Crippen molar-refractivity contribution in [2.75, 3.05) is 5.32 Å². The molecule has 5 nitrogen and oxygen atoms in total. The van der Waals surface area contributed by atoms with Crippen molar-refractivity contribution in [3.8, 4) is 0 Å². The number of hydrogen-bond donors (Lipinski definition) is 2. The molecule has 0 radical (unpaired) electrons. The number of aromatic nitrogens is 1. The normalized spacial score (nSPS) is 11.7. The van der Waals surface area contributed by atoms with E-state index in [1.165, 1.54) is 18.3 Å². The van der Waals surface area contributed by atoms with E-state index in [2.05, 4.69) is 15.6 Å². The molecule has 6 heteroatoms. The predicted molar refractivity (Wildman–Crippen MR) is 83.1 cm³/mol. The Balaban J connectivity index is 1.89. The molecule has 1 aromatic carbocycles. The third-order valence-corrected chi connectivity index (χ3v) is 3.66. The molecule has 0 saturated carbocycles. The van der Waals surface area contributed by atoms with Crippen LogP contribution in [-0.2, 0) is 16.0 Å². The first kappa shape index (κ1) is 15.2. The van der Waals surface area contributed by atoms with Crippen LogP contribution in [0.25, 0.3) is 0 Å². The van der Waals surface area contributed by atoms with Crippen molar-refractivity contribution in [2.45, 2.75) is 26.3 Å². The summed E-state index contributed by atoms with van der Waals surface area (Å²) in [5.74, 6) is -0.260. The van der Waals surface area contributed by atoms with E-state index in [1.807, 2.05) is 37.3 Å². The molecule has 0 aliphatic rings. The zero-order chi connectivity index (χ0) is 15.2. The smallest absolute Gasteiger partial charge is 0.226 e. The minimum Gasteiger partial charge on any atom is -0.349 e. The van der Waals surface area contributed by atoms with Crippen LogP contribution in [0, 0.1) is 0 Å². The second kappa shape index (κ2) is 6.99. The minimum absolute atomic E-state index is 0.0489. The second-order valence-corrected chi connectivity index (χ2v) is 5.56. The largest absolute Gasteiger partial charge is 0.349 e.